The van der Waals surface area contributed by atoms with Crippen LogP contribution in [0.3, 0.4) is 0 Å². The largest absolute Gasteiger partial charge is 0.454 e. The zero-order valence-electron chi connectivity index (χ0n) is 15.7. The number of rotatable bonds is 4. The van der Waals surface area contributed by atoms with E-state index < -0.39 is 0 Å². The summed E-state index contributed by atoms with van der Waals surface area (Å²) in [4.78, 5) is 32.0. The Morgan fingerprint density at radius 1 is 1.04 bits per heavy atom. The minimum atomic E-state index is -0.0447. The topological polar surface area (TPSA) is 84.0 Å². The summed E-state index contributed by atoms with van der Waals surface area (Å²) < 4.78 is 10.7. The van der Waals surface area contributed by atoms with Crippen molar-refractivity contribution >= 4 is 17.6 Å². The maximum absolute atomic E-state index is 12.8. The number of nitrogens with zero attached hydrogens (tertiary/aromatic N) is 3. The molecule has 8 nitrogen and oxygen atoms in total. The van der Waals surface area contributed by atoms with Gasteiger partial charge in [0, 0.05) is 51.4 Å². The second-order valence-corrected chi connectivity index (χ2v) is 6.77. The second kappa shape index (κ2) is 7.75. The van der Waals surface area contributed by atoms with E-state index in [2.05, 4.69) is 10.3 Å². The van der Waals surface area contributed by atoms with Gasteiger partial charge in [0.05, 0.1) is 0 Å². The molecule has 0 atom stereocenters. The number of nitrogens with one attached hydrogen (secondary N) is 1. The highest BCUT2D eigenvalue weighted by Crippen LogP contribution is 2.32. The summed E-state index contributed by atoms with van der Waals surface area (Å²) in [6.07, 6.45) is 1.63. The van der Waals surface area contributed by atoms with E-state index in [1.54, 1.807) is 35.1 Å². The molecule has 0 saturated carbocycles. The minimum absolute atomic E-state index is 0.0447. The van der Waals surface area contributed by atoms with Crippen LogP contribution in [0.2, 0.25) is 0 Å². The van der Waals surface area contributed by atoms with Crippen LogP contribution >= 0.6 is 0 Å². The maximum atomic E-state index is 12.8. The Balaban J connectivity index is 1.37. The minimum Gasteiger partial charge on any atom is -0.454 e. The van der Waals surface area contributed by atoms with Gasteiger partial charge in [0.2, 0.25) is 12.7 Å². The zero-order valence-corrected chi connectivity index (χ0v) is 15.7. The van der Waals surface area contributed by atoms with E-state index >= 15 is 0 Å². The van der Waals surface area contributed by atoms with Gasteiger partial charge in [0.15, 0.2) is 11.5 Å². The number of piperazine rings is 1. The van der Waals surface area contributed by atoms with Crippen LogP contribution in [0.25, 0.3) is 0 Å². The van der Waals surface area contributed by atoms with Crippen LogP contribution in [-0.4, -0.2) is 59.6 Å². The normalized spacial score (nSPS) is 15.5. The Kier molecular flexibility index (Phi) is 5.01. The maximum Gasteiger partial charge on any atom is 0.254 e. The van der Waals surface area contributed by atoms with E-state index in [0.29, 0.717) is 44.1 Å². The number of benzene rings is 1. The molecule has 28 heavy (non-hydrogen) atoms. The van der Waals surface area contributed by atoms with Crippen molar-refractivity contribution < 1.29 is 19.1 Å². The van der Waals surface area contributed by atoms with Crippen molar-refractivity contribution in [1.82, 2.24) is 14.8 Å². The third-order valence-electron chi connectivity index (χ3n) is 4.93. The van der Waals surface area contributed by atoms with Gasteiger partial charge in [-0.3, -0.25) is 9.59 Å². The fourth-order valence-electron chi connectivity index (χ4n) is 3.31. The number of pyridine rings is 1. The fourth-order valence-corrected chi connectivity index (χ4v) is 3.31. The van der Waals surface area contributed by atoms with Crippen molar-refractivity contribution in [2.24, 2.45) is 0 Å². The molecule has 1 N–H and O–H groups in total. The Bertz CT molecular complexity index is 894. The number of anilines is 1. The lowest BCUT2D eigenvalue weighted by Gasteiger charge is -2.34. The van der Waals surface area contributed by atoms with Crippen molar-refractivity contribution in [2.75, 3.05) is 38.3 Å². The van der Waals surface area contributed by atoms with Gasteiger partial charge >= 0.3 is 0 Å². The average molecular weight is 382 g/mol. The quantitative estimate of drug-likeness (QED) is 0.867. The lowest BCUT2D eigenvalue weighted by molar-refractivity contribution is -0.130. The van der Waals surface area contributed by atoms with Gasteiger partial charge in [-0.1, -0.05) is 6.07 Å². The molecule has 3 heterocycles. The number of carbonyl (C=O) groups is 2. The van der Waals surface area contributed by atoms with Crippen molar-refractivity contribution in [3.63, 3.8) is 0 Å². The van der Waals surface area contributed by atoms with Crippen molar-refractivity contribution in [1.29, 1.82) is 0 Å². The molecule has 2 amide bonds. The fraction of sp³-hybridized carbons (Fsp3) is 0.350. The Morgan fingerprint density at radius 2 is 1.79 bits per heavy atom. The summed E-state index contributed by atoms with van der Waals surface area (Å²) in [6.45, 7) is 4.58. The van der Waals surface area contributed by atoms with Crippen LogP contribution < -0.4 is 14.8 Å². The number of hydrogen-bond donors (Lipinski definition) is 1. The molecular formula is C20H22N4O4. The first kappa shape index (κ1) is 18.1. The van der Waals surface area contributed by atoms with E-state index in [1.807, 2.05) is 18.2 Å². The highest BCUT2D eigenvalue weighted by molar-refractivity contribution is 5.95. The number of hydrogen-bond acceptors (Lipinski definition) is 6. The van der Waals surface area contributed by atoms with E-state index in [-0.39, 0.29) is 18.6 Å². The van der Waals surface area contributed by atoms with Gasteiger partial charge in [-0.25, -0.2) is 4.98 Å². The van der Waals surface area contributed by atoms with Crippen LogP contribution in [0, 0.1) is 0 Å². The van der Waals surface area contributed by atoms with Crippen LogP contribution in [0.4, 0.5) is 5.82 Å². The molecule has 0 bridgehead atoms. The van der Waals surface area contributed by atoms with E-state index in [9.17, 15) is 9.59 Å². The van der Waals surface area contributed by atoms with Gasteiger partial charge in [-0.15, -0.1) is 0 Å². The van der Waals surface area contributed by atoms with E-state index in [4.69, 9.17) is 9.47 Å². The lowest BCUT2D eigenvalue weighted by atomic mass is 10.2. The van der Waals surface area contributed by atoms with Gasteiger partial charge in [0.1, 0.15) is 5.82 Å². The number of fused-ring (bicyclic) bond motifs is 1. The predicted molar refractivity (Wildman–Crippen MR) is 102 cm³/mol. The van der Waals surface area contributed by atoms with E-state index in [1.165, 1.54) is 0 Å². The van der Waals surface area contributed by atoms with Gasteiger partial charge in [-0.2, -0.15) is 0 Å². The average Bonchev–Trinajstić information content (AvgIpc) is 3.20. The molecule has 2 aromatic rings. The molecule has 0 spiro atoms. The molecule has 1 aromatic carbocycles. The van der Waals surface area contributed by atoms with Crippen molar-refractivity contribution in [3.8, 4) is 11.5 Å². The molecule has 2 aliphatic rings. The highest BCUT2D eigenvalue weighted by atomic mass is 16.7. The summed E-state index contributed by atoms with van der Waals surface area (Å²) in [7, 11) is 0. The summed E-state index contributed by atoms with van der Waals surface area (Å²) in [5.41, 5.74) is 1.61. The Morgan fingerprint density at radius 3 is 2.57 bits per heavy atom. The third-order valence-corrected chi connectivity index (χ3v) is 4.93. The second-order valence-electron chi connectivity index (χ2n) is 6.77. The zero-order chi connectivity index (χ0) is 19.5. The Labute approximate surface area is 163 Å². The summed E-state index contributed by atoms with van der Waals surface area (Å²) in [5, 5.41) is 3.24. The van der Waals surface area contributed by atoms with Crippen LogP contribution in [0.1, 0.15) is 22.8 Å². The van der Waals surface area contributed by atoms with Crippen molar-refractivity contribution in [3.05, 3.63) is 47.7 Å². The third kappa shape index (κ3) is 3.85. The molecule has 4 rings (SSSR count). The first-order valence-corrected chi connectivity index (χ1v) is 9.23. The molecular weight excluding hydrogens is 360 g/mol. The molecule has 1 saturated heterocycles. The number of amides is 2. The van der Waals surface area contributed by atoms with Crippen LogP contribution in [0.15, 0.2) is 36.5 Å². The number of carbonyl (C=O) groups excluding carboxylic acids is 2. The smallest absolute Gasteiger partial charge is 0.254 e. The molecule has 0 radical (unpaired) electrons. The number of aromatic nitrogens is 1. The molecule has 146 valence electrons. The lowest BCUT2D eigenvalue weighted by Crippen LogP contribution is -2.50. The van der Waals surface area contributed by atoms with E-state index in [0.717, 1.165) is 17.1 Å². The molecule has 1 fully saturated rings. The standard InChI is InChI=1S/C20H22N4O4/c1-14(25)23-6-8-24(9-7-23)20(26)16-4-5-21-19(11-16)22-12-15-2-3-17-18(10-15)28-13-27-17/h2-5,10-11H,6-9,12-13H2,1H3,(H,21,22). The molecule has 1 aromatic heterocycles. The van der Waals surface area contributed by atoms with Crippen LogP contribution in [-0.2, 0) is 11.3 Å². The predicted octanol–water partition coefficient (Wildman–Crippen LogP) is 1.73. The summed E-state index contributed by atoms with van der Waals surface area (Å²) in [6, 6.07) is 9.24. The summed E-state index contributed by atoms with van der Waals surface area (Å²) in [5.74, 6) is 2.12. The van der Waals surface area contributed by atoms with Gasteiger partial charge < -0.3 is 24.6 Å². The SMILES string of the molecule is CC(=O)N1CCN(C(=O)c2ccnc(NCc3ccc4c(c3)OCO4)c2)CC1. The molecule has 2 aliphatic heterocycles. The first-order valence-electron chi connectivity index (χ1n) is 9.23. The van der Waals surface area contributed by atoms with Gasteiger partial charge in [0.25, 0.3) is 5.91 Å². The first-order chi connectivity index (χ1) is 13.6. The summed E-state index contributed by atoms with van der Waals surface area (Å²) >= 11 is 0. The number of ether oxygens (including phenoxy) is 2. The monoisotopic (exact) mass is 382 g/mol. The van der Waals surface area contributed by atoms with Crippen molar-refractivity contribution in [2.45, 2.75) is 13.5 Å². The van der Waals surface area contributed by atoms with Gasteiger partial charge in [-0.05, 0) is 29.8 Å². The highest BCUT2D eigenvalue weighted by Gasteiger charge is 2.23. The van der Waals surface area contributed by atoms with Crippen LogP contribution in [0.5, 0.6) is 11.5 Å². The molecule has 0 aliphatic carbocycles. The molecule has 8 heteroatoms. The Hall–Kier alpha value is -3.29. The molecule has 0 unspecified atom stereocenters.